The average molecular weight is 186 g/mol. The summed E-state index contributed by atoms with van der Waals surface area (Å²) in [7, 11) is 1.39. The molecule has 0 amide bonds. The summed E-state index contributed by atoms with van der Waals surface area (Å²) in [6.45, 7) is 1.75. The molecule has 1 atom stereocenters. The molecule has 1 rings (SSSR count). The number of methoxy groups -OCH3 is 1. The molecule has 1 aliphatic rings. The molecule has 0 aromatic rings. The molecule has 76 valence electrons. The van der Waals surface area contributed by atoms with Crippen molar-refractivity contribution >= 4 is 5.97 Å². The van der Waals surface area contributed by atoms with E-state index >= 15 is 0 Å². The van der Waals surface area contributed by atoms with Crippen LogP contribution in [0.3, 0.4) is 0 Å². The Morgan fingerprint density at radius 3 is 2.46 bits per heavy atom. The van der Waals surface area contributed by atoms with E-state index in [0.717, 1.165) is 12.8 Å². The van der Waals surface area contributed by atoms with Crippen molar-refractivity contribution in [1.29, 1.82) is 0 Å². The lowest BCUT2D eigenvalue weighted by molar-refractivity contribution is -0.157. The molecule has 3 heteroatoms. The molecule has 1 unspecified atom stereocenters. The van der Waals surface area contributed by atoms with Crippen LogP contribution in [0.15, 0.2) is 0 Å². The summed E-state index contributed by atoms with van der Waals surface area (Å²) in [5, 5.41) is 0. The third-order valence-electron chi connectivity index (χ3n) is 2.48. The van der Waals surface area contributed by atoms with Crippen molar-refractivity contribution in [2.75, 3.05) is 7.11 Å². The highest BCUT2D eigenvalue weighted by atomic mass is 16.6. The highest BCUT2D eigenvalue weighted by Gasteiger charge is 2.21. The molecule has 0 aliphatic heterocycles. The molecule has 13 heavy (non-hydrogen) atoms. The minimum Gasteiger partial charge on any atom is -0.467 e. The fourth-order valence-electron chi connectivity index (χ4n) is 1.71. The van der Waals surface area contributed by atoms with Crippen LogP contribution >= 0.6 is 0 Å². The van der Waals surface area contributed by atoms with Gasteiger partial charge in [-0.3, -0.25) is 0 Å². The second-order valence-electron chi connectivity index (χ2n) is 3.56. The molecule has 0 saturated heterocycles. The van der Waals surface area contributed by atoms with E-state index in [9.17, 15) is 4.79 Å². The Bertz CT molecular complexity index is 162. The molecule has 3 nitrogen and oxygen atoms in total. The van der Waals surface area contributed by atoms with Gasteiger partial charge in [-0.2, -0.15) is 0 Å². The second-order valence-corrected chi connectivity index (χ2v) is 3.56. The maximum absolute atomic E-state index is 11.0. The van der Waals surface area contributed by atoms with Crippen LogP contribution in [0, 0.1) is 0 Å². The number of hydrogen-bond acceptors (Lipinski definition) is 3. The van der Waals surface area contributed by atoms with Gasteiger partial charge in [0.15, 0.2) is 6.10 Å². The number of rotatable bonds is 3. The van der Waals surface area contributed by atoms with Crippen molar-refractivity contribution in [3.8, 4) is 0 Å². The average Bonchev–Trinajstić information content (AvgIpc) is 2.18. The fraction of sp³-hybridized carbons (Fsp3) is 0.900. The number of hydrogen-bond donors (Lipinski definition) is 0. The minimum absolute atomic E-state index is 0.267. The third kappa shape index (κ3) is 3.35. The maximum Gasteiger partial charge on any atom is 0.334 e. The van der Waals surface area contributed by atoms with Crippen LogP contribution in [0.25, 0.3) is 0 Å². The largest absolute Gasteiger partial charge is 0.467 e. The maximum atomic E-state index is 11.0. The summed E-state index contributed by atoms with van der Waals surface area (Å²) in [5.74, 6) is -0.273. The zero-order chi connectivity index (χ0) is 9.68. The fourth-order valence-corrected chi connectivity index (χ4v) is 1.71. The van der Waals surface area contributed by atoms with Gasteiger partial charge in [0.2, 0.25) is 0 Å². The van der Waals surface area contributed by atoms with Gasteiger partial charge in [-0.1, -0.05) is 19.3 Å². The number of ether oxygens (including phenoxy) is 2. The van der Waals surface area contributed by atoms with E-state index in [1.165, 1.54) is 26.4 Å². The summed E-state index contributed by atoms with van der Waals surface area (Å²) < 4.78 is 10.2. The Labute approximate surface area is 79.4 Å². The van der Waals surface area contributed by atoms with Crippen molar-refractivity contribution in [2.24, 2.45) is 0 Å². The smallest absolute Gasteiger partial charge is 0.334 e. The summed E-state index contributed by atoms with van der Waals surface area (Å²) in [4.78, 5) is 11.0. The van der Waals surface area contributed by atoms with Gasteiger partial charge < -0.3 is 9.47 Å². The van der Waals surface area contributed by atoms with E-state index in [2.05, 4.69) is 4.74 Å². The normalized spacial score (nSPS) is 21.1. The molecule has 0 aromatic carbocycles. The Morgan fingerprint density at radius 1 is 1.31 bits per heavy atom. The molecule has 0 radical (unpaired) electrons. The highest BCUT2D eigenvalue weighted by molar-refractivity contribution is 5.73. The van der Waals surface area contributed by atoms with Crippen LogP contribution in [-0.2, 0) is 14.3 Å². The van der Waals surface area contributed by atoms with E-state index < -0.39 is 6.10 Å². The first-order valence-electron chi connectivity index (χ1n) is 4.97. The van der Waals surface area contributed by atoms with Gasteiger partial charge >= 0.3 is 5.97 Å². The van der Waals surface area contributed by atoms with Gasteiger partial charge in [-0.15, -0.1) is 0 Å². The summed E-state index contributed by atoms with van der Waals surface area (Å²) in [6.07, 6.45) is 5.77. The Kier molecular flexibility index (Phi) is 4.22. The lowest BCUT2D eigenvalue weighted by Gasteiger charge is -2.24. The molecule has 0 spiro atoms. The Morgan fingerprint density at radius 2 is 1.92 bits per heavy atom. The third-order valence-corrected chi connectivity index (χ3v) is 2.48. The first-order valence-corrected chi connectivity index (χ1v) is 4.97. The molecule has 1 saturated carbocycles. The first-order chi connectivity index (χ1) is 6.24. The molecule has 0 aromatic heterocycles. The van der Waals surface area contributed by atoms with E-state index in [-0.39, 0.29) is 12.1 Å². The molecule has 0 bridgehead atoms. The second kappa shape index (κ2) is 5.22. The standard InChI is InChI=1S/C10H18O3/c1-8(10(11)12-2)13-9-6-4-3-5-7-9/h8-9H,3-7H2,1-2H3. The lowest BCUT2D eigenvalue weighted by Crippen LogP contribution is -2.29. The summed E-state index contributed by atoms with van der Waals surface area (Å²) >= 11 is 0. The number of carbonyl (C=O) groups is 1. The molecule has 0 N–H and O–H groups in total. The Hall–Kier alpha value is -0.570. The Balaban J connectivity index is 2.25. The number of esters is 1. The van der Waals surface area contributed by atoms with Gasteiger partial charge in [0.1, 0.15) is 0 Å². The molecular formula is C10H18O3. The first kappa shape index (κ1) is 10.5. The quantitative estimate of drug-likeness (QED) is 0.631. The number of carbonyl (C=O) groups excluding carboxylic acids is 1. The van der Waals surface area contributed by atoms with Crippen molar-refractivity contribution < 1.29 is 14.3 Å². The van der Waals surface area contributed by atoms with Gasteiger partial charge in [0.25, 0.3) is 0 Å². The topological polar surface area (TPSA) is 35.5 Å². The van der Waals surface area contributed by atoms with Gasteiger partial charge in [-0.05, 0) is 19.8 Å². The van der Waals surface area contributed by atoms with Gasteiger partial charge in [-0.25, -0.2) is 4.79 Å². The van der Waals surface area contributed by atoms with Crippen LogP contribution in [0.1, 0.15) is 39.0 Å². The lowest BCUT2D eigenvalue weighted by atomic mass is 9.98. The zero-order valence-electron chi connectivity index (χ0n) is 8.41. The van der Waals surface area contributed by atoms with Crippen molar-refractivity contribution in [1.82, 2.24) is 0 Å². The monoisotopic (exact) mass is 186 g/mol. The van der Waals surface area contributed by atoms with Crippen LogP contribution in [-0.4, -0.2) is 25.3 Å². The SMILES string of the molecule is COC(=O)C(C)OC1CCCCC1. The molecule has 1 fully saturated rings. The van der Waals surface area contributed by atoms with E-state index in [1.807, 2.05) is 0 Å². The van der Waals surface area contributed by atoms with E-state index in [0.29, 0.717) is 0 Å². The van der Waals surface area contributed by atoms with Gasteiger partial charge in [0, 0.05) is 0 Å². The predicted octanol–water partition coefficient (Wildman–Crippen LogP) is 1.90. The van der Waals surface area contributed by atoms with Crippen LogP contribution in [0.4, 0.5) is 0 Å². The summed E-state index contributed by atoms with van der Waals surface area (Å²) in [6, 6.07) is 0. The summed E-state index contributed by atoms with van der Waals surface area (Å²) in [5.41, 5.74) is 0. The van der Waals surface area contributed by atoms with Gasteiger partial charge in [0.05, 0.1) is 13.2 Å². The van der Waals surface area contributed by atoms with Crippen LogP contribution < -0.4 is 0 Å². The van der Waals surface area contributed by atoms with Crippen molar-refractivity contribution in [3.05, 3.63) is 0 Å². The van der Waals surface area contributed by atoms with E-state index in [1.54, 1.807) is 6.92 Å². The predicted molar refractivity (Wildman–Crippen MR) is 49.4 cm³/mol. The molecule has 1 aliphatic carbocycles. The molecular weight excluding hydrogens is 168 g/mol. The minimum atomic E-state index is -0.409. The van der Waals surface area contributed by atoms with Crippen molar-refractivity contribution in [3.63, 3.8) is 0 Å². The van der Waals surface area contributed by atoms with Crippen molar-refractivity contribution in [2.45, 2.75) is 51.2 Å². The van der Waals surface area contributed by atoms with Crippen LogP contribution in [0.2, 0.25) is 0 Å². The van der Waals surface area contributed by atoms with Crippen LogP contribution in [0.5, 0.6) is 0 Å². The van der Waals surface area contributed by atoms with E-state index in [4.69, 9.17) is 4.74 Å². The highest BCUT2D eigenvalue weighted by Crippen LogP contribution is 2.21. The zero-order valence-corrected chi connectivity index (χ0v) is 8.41. The molecule has 0 heterocycles.